The molecule has 1 N–H and O–H groups in total. The number of hydrogen-bond acceptors (Lipinski definition) is 4. The maximum atomic E-state index is 11.8. The summed E-state index contributed by atoms with van der Waals surface area (Å²) in [7, 11) is 0. The van der Waals surface area contributed by atoms with Crippen molar-refractivity contribution in [2.24, 2.45) is 0 Å². The van der Waals surface area contributed by atoms with Crippen LogP contribution in [-0.2, 0) is 14.3 Å². The molecule has 5 nitrogen and oxygen atoms in total. The van der Waals surface area contributed by atoms with E-state index in [9.17, 15) is 9.59 Å². The average Bonchev–Trinajstić information content (AvgIpc) is 2.59. The molecule has 0 fully saturated rings. The number of ether oxygens (including phenoxy) is 2. The van der Waals surface area contributed by atoms with Crippen molar-refractivity contribution < 1.29 is 19.1 Å². The number of halogens is 1. The molecule has 6 heteroatoms. The van der Waals surface area contributed by atoms with E-state index in [4.69, 9.17) is 9.47 Å². The quantitative estimate of drug-likeness (QED) is 0.550. The first-order valence-electron chi connectivity index (χ1n) is 7.84. The van der Waals surface area contributed by atoms with E-state index in [1.807, 2.05) is 36.4 Å². The van der Waals surface area contributed by atoms with Gasteiger partial charge in [-0.1, -0.05) is 30.3 Å². The zero-order valence-electron chi connectivity index (χ0n) is 13.5. The van der Waals surface area contributed by atoms with Gasteiger partial charge in [0, 0.05) is 13.0 Å². The molecule has 0 atom stereocenters. The lowest BCUT2D eigenvalue weighted by atomic mass is 10.1. The first kappa shape index (κ1) is 18.3. The van der Waals surface area contributed by atoms with Crippen molar-refractivity contribution in [2.75, 3.05) is 19.8 Å². The molecule has 0 unspecified atom stereocenters. The molecule has 0 saturated heterocycles. The van der Waals surface area contributed by atoms with E-state index in [2.05, 4.69) is 21.2 Å². The number of carbonyl (C=O) groups excluding carboxylic acids is 2. The summed E-state index contributed by atoms with van der Waals surface area (Å²) in [5.74, 6) is 0.150. The van der Waals surface area contributed by atoms with E-state index in [0.29, 0.717) is 31.7 Å². The molecule has 2 rings (SSSR count). The summed E-state index contributed by atoms with van der Waals surface area (Å²) in [5, 5.41) is 4.85. The lowest BCUT2D eigenvalue weighted by Gasteiger charge is -2.10. The van der Waals surface area contributed by atoms with Crippen LogP contribution < -0.4 is 10.1 Å². The molecule has 0 heterocycles. The van der Waals surface area contributed by atoms with Crippen LogP contribution in [0, 0.1) is 0 Å². The highest BCUT2D eigenvalue weighted by molar-refractivity contribution is 9.10. The van der Waals surface area contributed by atoms with Crippen LogP contribution in [0.4, 0.5) is 0 Å². The van der Waals surface area contributed by atoms with Gasteiger partial charge in [-0.25, -0.2) is 0 Å². The van der Waals surface area contributed by atoms with Gasteiger partial charge in [0.1, 0.15) is 5.75 Å². The molecule has 0 aliphatic heterocycles. The maximum Gasteiger partial charge on any atom is 0.305 e. The minimum atomic E-state index is -0.247. The third-order valence-corrected chi connectivity index (χ3v) is 4.19. The zero-order valence-corrected chi connectivity index (χ0v) is 15.1. The topological polar surface area (TPSA) is 64.6 Å². The van der Waals surface area contributed by atoms with Crippen molar-refractivity contribution in [3.8, 4) is 5.75 Å². The van der Waals surface area contributed by atoms with Gasteiger partial charge in [0.05, 0.1) is 11.1 Å². The lowest BCUT2D eigenvalue weighted by Crippen LogP contribution is -2.30. The Morgan fingerprint density at radius 3 is 2.75 bits per heavy atom. The van der Waals surface area contributed by atoms with Crippen LogP contribution in [0.1, 0.15) is 19.8 Å². The standard InChI is InChI=1S/C18H20BrNO4/c1-2-23-17(22)8-5-11-20-16(21)12-24-15-10-9-13-6-3-4-7-14(13)18(15)19/h3-4,6-7,9-10H,2,5,8,11-12H2,1H3,(H,20,21). The van der Waals surface area contributed by atoms with Crippen LogP contribution in [0.5, 0.6) is 5.75 Å². The Morgan fingerprint density at radius 2 is 1.96 bits per heavy atom. The van der Waals surface area contributed by atoms with Gasteiger partial charge < -0.3 is 14.8 Å². The fourth-order valence-corrected chi connectivity index (χ4v) is 2.82. The molecule has 0 spiro atoms. The van der Waals surface area contributed by atoms with Gasteiger partial charge in [0.25, 0.3) is 5.91 Å². The van der Waals surface area contributed by atoms with Gasteiger partial charge in [-0.3, -0.25) is 9.59 Å². The van der Waals surface area contributed by atoms with Crippen LogP contribution in [-0.4, -0.2) is 31.6 Å². The number of hydrogen-bond donors (Lipinski definition) is 1. The first-order chi connectivity index (χ1) is 11.6. The molecule has 24 heavy (non-hydrogen) atoms. The highest BCUT2D eigenvalue weighted by atomic mass is 79.9. The summed E-state index contributed by atoms with van der Waals surface area (Å²) in [6.07, 6.45) is 0.843. The Kier molecular flexibility index (Phi) is 7.06. The summed E-state index contributed by atoms with van der Waals surface area (Å²) in [6, 6.07) is 11.7. The average molecular weight is 394 g/mol. The van der Waals surface area contributed by atoms with Gasteiger partial charge >= 0.3 is 5.97 Å². The monoisotopic (exact) mass is 393 g/mol. The molecule has 0 aliphatic carbocycles. The van der Waals surface area contributed by atoms with Gasteiger partial charge in [-0.15, -0.1) is 0 Å². The second kappa shape index (κ2) is 9.27. The van der Waals surface area contributed by atoms with E-state index in [0.717, 1.165) is 15.2 Å². The predicted molar refractivity (Wildman–Crippen MR) is 96.0 cm³/mol. The van der Waals surface area contributed by atoms with Gasteiger partial charge in [0.2, 0.25) is 0 Å². The maximum absolute atomic E-state index is 11.8. The van der Waals surface area contributed by atoms with Crippen LogP contribution in [0.25, 0.3) is 10.8 Å². The van der Waals surface area contributed by atoms with Crippen LogP contribution in [0.15, 0.2) is 40.9 Å². The first-order valence-corrected chi connectivity index (χ1v) is 8.63. The van der Waals surface area contributed by atoms with Crippen molar-refractivity contribution in [1.29, 1.82) is 0 Å². The third kappa shape index (κ3) is 5.23. The molecule has 1 amide bonds. The molecule has 2 aromatic carbocycles. The van der Waals surface area contributed by atoms with E-state index in [-0.39, 0.29) is 18.5 Å². The largest absolute Gasteiger partial charge is 0.483 e. The molecular formula is C18H20BrNO4. The zero-order chi connectivity index (χ0) is 17.4. The van der Waals surface area contributed by atoms with Crippen molar-refractivity contribution >= 4 is 38.6 Å². The molecule has 0 saturated carbocycles. The van der Waals surface area contributed by atoms with E-state index in [1.54, 1.807) is 6.92 Å². The van der Waals surface area contributed by atoms with Gasteiger partial charge in [0.15, 0.2) is 6.61 Å². The summed E-state index contributed by atoms with van der Waals surface area (Å²) < 4.78 is 11.2. The highest BCUT2D eigenvalue weighted by Gasteiger charge is 2.09. The van der Waals surface area contributed by atoms with Crippen molar-refractivity contribution in [3.05, 3.63) is 40.9 Å². The van der Waals surface area contributed by atoms with E-state index in [1.165, 1.54) is 0 Å². The second-order valence-corrected chi connectivity index (χ2v) is 5.94. The molecule has 2 aromatic rings. The summed E-state index contributed by atoms with van der Waals surface area (Å²) in [5.41, 5.74) is 0. The fourth-order valence-electron chi connectivity index (χ4n) is 2.21. The van der Waals surface area contributed by atoms with Crippen molar-refractivity contribution in [1.82, 2.24) is 5.32 Å². The number of amides is 1. The highest BCUT2D eigenvalue weighted by Crippen LogP contribution is 2.32. The summed E-state index contributed by atoms with van der Waals surface area (Å²) in [4.78, 5) is 23.0. The van der Waals surface area contributed by atoms with Crippen molar-refractivity contribution in [3.63, 3.8) is 0 Å². The molecule has 0 bridgehead atoms. The van der Waals surface area contributed by atoms with Crippen molar-refractivity contribution in [2.45, 2.75) is 19.8 Å². The number of nitrogens with one attached hydrogen (secondary N) is 1. The van der Waals surface area contributed by atoms with Gasteiger partial charge in [-0.05, 0) is 46.1 Å². The van der Waals surface area contributed by atoms with E-state index < -0.39 is 0 Å². The number of benzene rings is 2. The lowest BCUT2D eigenvalue weighted by molar-refractivity contribution is -0.143. The normalized spacial score (nSPS) is 10.4. The third-order valence-electron chi connectivity index (χ3n) is 3.37. The Bertz CT molecular complexity index is 717. The Hall–Kier alpha value is -2.08. The van der Waals surface area contributed by atoms with E-state index >= 15 is 0 Å². The van der Waals surface area contributed by atoms with Crippen LogP contribution in [0.3, 0.4) is 0 Å². The van der Waals surface area contributed by atoms with Crippen LogP contribution in [0.2, 0.25) is 0 Å². The molecule has 0 aliphatic rings. The number of esters is 1. The molecule has 128 valence electrons. The number of carbonyl (C=O) groups is 2. The Labute approximate surface area is 149 Å². The second-order valence-electron chi connectivity index (χ2n) is 5.15. The minimum Gasteiger partial charge on any atom is -0.483 e. The smallest absolute Gasteiger partial charge is 0.305 e. The van der Waals surface area contributed by atoms with Crippen LogP contribution >= 0.6 is 15.9 Å². The molecule has 0 aromatic heterocycles. The molecule has 0 radical (unpaired) electrons. The predicted octanol–water partition coefficient (Wildman–Crippen LogP) is 3.44. The summed E-state index contributed by atoms with van der Waals surface area (Å²) in [6.45, 7) is 2.48. The fraction of sp³-hybridized carbons (Fsp3) is 0.333. The number of rotatable bonds is 8. The molecular weight excluding hydrogens is 374 g/mol. The summed E-state index contributed by atoms with van der Waals surface area (Å²) >= 11 is 3.52. The van der Waals surface area contributed by atoms with Gasteiger partial charge in [-0.2, -0.15) is 0 Å². The Balaban J connectivity index is 1.78. The SMILES string of the molecule is CCOC(=O)CCCNC(=O)COc1ccc2ccccc2c1Br. The number of fused-ring (bicyclic) bond motifs is 1. The minimum absolute atomic E-state index is 0.0731. The Morgan fingerprint density at radius 1 is 1.17 bits per heavy atom.